The summed E-state index contributed by atoms with van der Waals surface area (Å²) in [6.45, 7) is 8.82. The maximum Gasteiger partial charge on any atom is 0.303 e. The highest BCUT2D eigenvalue weighted by molar-refractivity contribution is 6.23. The molecule has 1 spiro atoms. The van der Waals surface area contributed by atoms with Gasteiger partial charge in [0.1, 0.15) is 5.60 Å². The molecule has 0 aromatic heterocycles. The number of carbonyl (C=O) groups is 3. The molecule has 184 valence electrons. The third-order valence-electron chi connectivity index (χ3n) is 9.73. The molecule has 0 amide bonds. The molecule has 0 bridgehead atoms. The van der Waals surface area contributed by atoms with Crippen molar-refractivity contribution in [3.8, 4) is 0 Å². The van der Waals surface area contributed by atoms with Crippen LogP contribution >= 0.6 is 11.6 Å². The van der Waals surface area contributed by atoms with Gasteiger partial charge < -0.3 is 18.9 Å². The van der Waals surface area contributed by atoms with E-state index in [1.165, 1.54) is 6.92 Å². The fraction of sp³-hybridized carbons (Fsp3) is 0.731. The number of hydrogen-bond acceptors (Lipinski definition) is 7. The number of ether oxygens (including phenoxy) is 4. The predicted molar refractivity (Wildman–Crippen MR) is 121 cm³/mol. The molecule has 8 heteroatoms. The molecular weight excluding hydrogens is 460 g/mol. The highest BCUT2D eigenvalue weighted by Gasteiger charge is 2.85. The van der Waals surface area contributed by atoms with Crippen LogP contribution in [0.25, 0.3) is 0 Å². The van der Waals surface area contributed by atoms with Crippen molar-refractivity contribution in [2.45, 2.75) is 88.5 Å². The van der Waals surface area contributed by atoms with Crippen molar-refractivity contribution in [2.75, 3.05) is 6.61 Å². The van der Waals surface area contributed by atoms with Crippen LogP contribution in [-0.4, -0.2) is 58.7 Å². The molecule has 0 aromatic carbocycles. The summed E-state index contributed by atoms with van der Waals surface area (Å²) in [6.07, 6.45) is 6.64. The van der Waals surface area contributed by atoms with Crippen LogP contribution in [0, 0.1) is 22.7 Å². The fourth-order valence-electron chi connectivity index (χ4n) is 8.51. The first-order valence-corrected chi connectivity index (χ1v) is 12.6. The van der Waals surface area contributed by atoms with Crippen LogP contribution in [0.2, 0.25) is 0 Å². The summed E-state index contributed by atoms with van der Waals surface area (Å²) in [4.78, 5) is 37.4. The zero-order chi connectivity index (χ0) is 24.5. The molecule has 4 aliphatic carbocycles. The summed E-state index contributed by atoms with van der Waals surface area (Å²) in [5.74, 6) is -1.61. The van der Waals surface area contributed by atoms with Gasteiger partial charge in [-0.25, -0.2) is 0 Å². The third kappa shape index (κ3) is 2.52. The van der Waals surface area contributed by atoms with Gasteiger partial charge in [-0.1, -0.05) is 13.0 Å². The molecule has 0 unspecified atom stereocenters. The molecule has 2 aliphatic heterocycles. The molecule has 2 saturated heterocycles. The van der Waals surface area contributed by atoms with Crippen molar-refractivity contribution < 1.29 is 33.3 Å². The fourth-order valence-corrected chi connectivity index (χ4v) is 8.99. The smallest absolute Gasteiger partial charge is 0.303 e. The van der Waals surface area contributed by atoms with Gasteiger partial charge in [-0.2, -0.15) is 0 Å². The van der Waals surface area contributed by atoms with Gasteiger partial charge in [-0.15, -0.1) is 11.6 Å². The van der Waals surface area contributed by atoms with Gasteiger partial charge in [-0.05, 0) is 69.6 Å². The number of epoxide rings is 1. The summed E-state index contributed by atoms with van der Waals surface area (Å²) in [6, 6.07) is 0. The van der Waals surface area contributed by atoms with Gasteiger partial charge in [-0.3, -0.25) is 14.4 Å². The van der Waals surface area contributed by atoms with Crippen molar-refractivity contribution in [1.82, 2.24) is 0 Å². The molecule has 0 radical (unpaired) electrons. The second-order valence-corrected chi connectivity index (χ2v) is 12.3. The van der Waals surface area contributed by atoms with Gasteiger partial charge in [0.2, 0.25) is 5.78 Å². The van der Waals surface area contributed by atoms with E-state index in [1.54, 1.807) is 12.2 Å². The zero-order valence-electron chi connectivity index (χ0n) is 20.2. The topological polar surface area (TPSA) is 91.4 Å². The molecule has 34 heavy (non-hydrogen) atoms. The van der Waals surface area contributed by atoms with Crippen molar-refractivity contribution in [3.63, 3.8) is 0 Å². The van der Waals surface area contributed by atoms with E-state index in [2.05, 4.69) is 13.8 Å². The number of alkyl halides is 1. The summed E-state index contributed by atoms with van der Waals surface area (Å²) in [7, 11) is 0. The summed E-state index contributed by atoms with van der Waals surface area (Å²) in [5.41, 5.74) is -1.82. The second-order valence-electron chi connectivity index (χ2n) is 11.8. The Morgan fingerprint density at radius 2 is 1.85 bits per heavy atom. The largest absolute Gasteiger partial charge is 0.458 e. The molecule has 6 rings (SSSR count). The highest BCUT2D eigenvalue weighted by Crippen LogP contribution is 2.77. The normalized spacial score (nSPS) is 51.4. The number of fused-ring (bicyclic) bond motifs is 5. The minimum Gasteiger partial charge on any atom is -0.458 e. The Bertz CT molecular complexity index is 1080. The maximum atomic E-state index is 13.8. The Balaban J connectivity index is 1.43. The van der Waals surface area contributed by atoms with Crippen molar-refractivity contribution in [1.29, 1.82) is 0 Å². The van der Waals surface area contributed by atoms with Gasteiger partial charge in [0, 0.05) is 17.8 Å². The van der Waals surface area contributed by atoms with E-state index in [4.69, 9.17) is 30.5 Å². The van der Waals surface area contributed by atoms with Crippen LogP contribution in [0.1, 0.15) is 53.9 Å². The summed E-state index contributed by atoms with van der Waals surface area (Å²) >= 11 is 6.93. The summed E-state index contributed by atoms with van der Waals surface area (Å²) in [5, 5.41) is -0.298. The van der Waals surface area contributed by atoms with Crippen LogP contribution in [0.15, 0.2) is 23.8 Å². The average molecular weight is 491 g/mol. The Labute approximate surface area is 204 Å². The summed E-state index contributed by atoms with van der Waals surface area (Å²) < 4.78 is 24.6. The van der Waals surface area contributed by atoms with Crippen molar-refractivity contribution in [2.24, 2.45) is 22.7 Å². The number of hydrogen-bond donors (Lipinski definition) is 0. The molecule has 6 aliphatic rings. The molecule has 0 N–H and O–H groups in total. The molecule has 0 aromatic rings. The number of Topliss-reactive ketones (excluding diaryl/α,β-unsaturated/α-hetero) is 1. The number of rotatable bonds is 3. The predicted octanol–water partition coefficient (Wildman–Crippen LogP) is 3.28. The Morgan fingerprint density at radius 1 is 1.12 bits per heavy atom. The SMILES string of the molecule is CC(=O)OCC(=O)[C@@]12OC(C)(C)O[C@@H]1C[C@H]1[C@@H]3C[C@H](Cl)C4=CC(=O)C=C[C@]4(C)[C@]34O[C@@H]4C[C@@]12C. The van der Waals surface area contributed by atoms with Crippen LogP contribution in [0.3, 0.4) is 0 Å². The van der Waals surface area contributed by atoms with Gasteiger partial charge >= 0.3 is 5.97 Å². The van der Waals surface area contributed by atoms with E-state index in [1.807, 2.05) is 19.9 Å². The second kappa shape index (κ2) is 6.61. The van der Waals surface area contributed by atoms with E-state index >= 15 is 0 Å². The van der Waals surface area contributed by atoms with Crippen LogP contribution < -0.4 is 0 Å². The van der Waals surface area contributed by atoms with Crippen LogP contribution in [-0.2, 0) is 33.3 Å². The van der Waals surface area contributed by atoms with E-state index in [0.29, 0.717) is 19.3 Å². The molecule has 3 saturated carbocycles. The molecule has 9 atom stereocenters. The van der Waals surface area contributed by atoms with Gasteiger partial charge in [0.25, 0.3) is 0 Å². The minimum atomic E-state index is -1.23. The van der Waals surface area contributed by atoms with E-state index < -0.39 is 39.9 Å². The maximum absolute atomic E-state index is 13.8. The van der Waals surface area contributed by atoms with E-state index in [0.717, 1.165) is 5.57 Å². The van der Waals surface area contributed by atoms with Gasteiger partial charge in [0.05, 0.1) is 17.6 Å². The zero-order valence-corrected chi connectivity index (χ0v) is 20.9. The van der Waals surface area contributed by atoms with Crippen molar-refractivity contribution >= 4 is 29.1 Å². The highest BCUT2D eigenvalue weighted by atomic mass is 35.5. The van der Waals surface area contributed by atoms with Crippen molar-refractivity contribution in [3.05, 3.63) is 23.8 Å². The first-order chi connectivity index (χ1) is 15.8. The first kappa shape index (κ1) is 22.9. The number of halogens is 1. The number of carbonyl (C=O) groups excluding carboxylic acids is 3. The lowest BCUT2D eigenvalue weighted by Gasteiger charge is -2.56. The number of esters is 1. The molecule has 5 fully saturated rings. The quantitative estimate of drug-likeness (QED) is 0.340. The average Bonchev–Trinajstić information content (AvgIpc) is 3.32. The monoisotopic (exact) mass is 490 g/mol. The number of ketones is 2. The lowest BCUT2D eigenvalue weighted by molar-refractivity contribution is -0.212. The minimum absolute atomic E-state index is 0.0414. The molecule has 7 nitrogen and oxygen atoms in total. The van der Waals surface area contributed by atoms with E-state index in [9.17, 15) is 14.4 Å². The Kier molecular flexibility index (Phi) is 4.45. The lowest BCUT2D eigenvalue weighted by atomic mass is 9.46. The lowest BCUT2D eigenvalue weighted by Crippen LogP contribution is -2.64. The first-order valence-electron chi connectivity index (χ1n) is 12.1. The molecule has 2 heterocycles. The Morgan fingerprint density at radius 3 is 2.56 bits per heavy atom. The Hall–Kier alpha value is -1.54. The van der Waals surface area contributed by atoms with Crippen LogP contribution in [0.4, 0.5) is 0 Å². The molecular formula is C26H31ClO7. The third-order valence-corrected chi connectivity index (χ3v) is 10.1. The standard InChI is InChI=1S/C26H31ClO7/c1-13(28)31-12-19(30)26-20(32-22(2,3)34-26)10-15-16-9-18(27)17-8-14(29)6-7-23(17,4)25(16)21(33-25)11-24(15,26)5/h6-8,15-16,18,20-21H,9-12H2,1-5H3/t15-,16-,18-,20+,21+,23-,24-,25-,26+/m0/s1. The van der Waals surface area contributed by atoms with Crippen LogP contribution in [0.5, 0.6) is 0 Å². The van der Waals surface area contributed by atoms with Gasteiger partial charge in [0.15, 0.2) is 23.8 Å². The van der Waals surface area contributed by atoms with E-state index in [-0.39, 0.29) is 41.5 Å². The number of allylic oxidation sites excluding steroid dienone is 2.